The van der Waals surface area contributed by atoms with E-state index in [0.29, 0.717) is 6.42 Å². The summed E-state index contributed by atoms with van der Waals surface area (Å²) in [5.74, 6) is 1.34. The van der Waals surface area contributed by atoms with E-state index < -0.39 is 0 Å². The highest BCUT2D eigenvalue weighted by Gasteiger charge is 2.05. The van der Waals surface area contributed by atoms with Gasteiger partial charge in [-0.05, 0) is 31.2 Å². The van der Waals surface area contributed by atoms with E-state index in [4.69, 9.17) is 0 Å². The van der Waals surface area contributed by atoms with Gasteiger partial charge in [-0.25, -0.2) is 4.98 Å². The van der Waals surface area contributed by atoms with Gasteiger partial charge in [0, 0.05) is 30.8 Å². The van der Waals surface area contributed by atoms with Crippen molar-refractivity contribution in [3.63, 3.8) is 0 Å². The third-order valence-corrected chi connectivity index (χ3v) is 3.97. The van der Waals surface area contributed by atoms with Crippen molar-refractivity contribution in [2.24, 2.45) is 0 Å². The van der Waals surface area contributed by atoms with Crippen LogP contribution in [0.5, 0.6) is 0 Å². The molecule has 22 heavy (non-hydrogen) atoms. The van der Waals surface area contributed by atoms with Gasteiger partial charge in [0.2, 0.25) is 0 Å². The van der Waals surface area contributed by atoms with Gasteiger partial charge in [-0.15, -0.1) is 0 Å². The highest BCUT2D eigenvalue weighted by molar-refractivity contribution is 5.96. The predicted octanol–water partition coefficient (Wildman–Crippen LogP) is 4.74. The van der Waals surface area contributed by atoms with Crippen LogP contribution in [0.1, 0.15) is 67.2 Å². The minimum atomic E-state index is 0.276. The smallest absolute Gasteiger partial charge is 0.162 e. The van der Waals surface area contributed by atoms with Gasteiger partial charge in [-0.2, -0.15) is 0 Å². The Hall–Kier alpha value is -1.90. The van der Waals surface area contributed by atoms with Crippen LogP contribution in [-0.2, 0) is 12.8 Å². The number of Topliss-reactive ketones (excluding diaryl/α,β-unsaturated/α-hetero) is 1. The van der Waals surface area contributed by atoms with Crippen LogP contribution in [0.15, 0.2) is 36.7 Å². The molecule has 2 aromatic rings. The zero-order chi connectivity index (χ0) is 15.6. The molecule has 1 aromatic carbocycles. The minimum Gasteiger partial charge on any atom is -0.349 e. The summed E-state index contributed by atoms with van der Waals surface area (Å²) in [6.07, 6.45) is 12.0. The maximum atomic E-state index is 12.0. The van der Waals surface area contributed by atoms with Crippen LogP contribution < -0.4 is 0 Å². The van der Waals surface area contributed by atoms with Gasteiger partial charge >= 0.3 is 0 Å². The Morgan fingerprint density at radius 1 is 1.05 bits per heavy atom. The third kappa shape index (κ3) is 5.47. The first-order valence-electron chi connectivity index (χ1n) is 8.40. The van der Waals surface area contributed by atoms with E-state index in [1.54, 1.807) is 6.20 Å². The number of nitrogens with one attached hydrogen (secondary N) is 1. The Morgan fingerprint density at radius 3 is 2.50 bits per heavy atom. The maximum absolute atomic E-state index is 12.0. The number of hydrogen-bond acceptors (Lipinski definition) is 2. The van der Waals surface area contributed by atoms with Crippen molar-refractivity contribution >= 4 is 5.78 Å². The molecule has 1 heterocycles. The topological polar surface area (TPSA) is 45.8 Å². The fourth-order valence-corrected chi connectivity index (χ4v) is 2.59. The third-order valence-electron chi connectivity index (χ3n) is 3.97. The van der Waals surface area contributed by atoms with E-state index in [-0.39, 0.29) is 5.78 Å². The van der Waals surface area contributed by atoms with Crippen LogP contribution in [0.3, 0.4) is 0 Å². The number of nitrogens with zero attached hydrogens (tertiary/aromatic N) is 1. The van der Waals surface area contributed by atoms with Crippen molar-refractivity contribution in [3.8, 4) is 0 Å². The lowest BCUT2D eigenvalue weighted by Crippen LogP contribution is -1.99. The van der Waals surface area contributed by atoms with Gasteiger partial charge in [0.25, 0.3) is 0 Å². The number of hydrogen-bond donors (Lipinski definition) is 1. The second kappa shape index (κ2) is 9.19. The van der Waals surface area contributed by atoms with E-state index in [1.165, 1.54) is 5.56 Å². The summed E-state index contributed by atoms with van der Waals surface area (Å²) in [7, 11) is 0. The predicted molar refractivity (Wildman–Crippen MR) is 90.1 cm³/mol. The molecule has 3 heteroatoms. The van der Waals surface area contributed by atoms with Crippen LogP contribution in [0.4, 0.5) is 0 Å². The quantitative estimate of drug-likeness (QED) is 0.509. The molecule has 1 aromatic heterocycles. The Balaban J connectivity index is 1.70. The first-order chi connectivity index (χ1) is 10.8. The molecular formula is C19H26N2O. The van der Waals surface area contributed by atoms with Crippen molar-refractivity contribution in [1.29, 1.82) is 0 Å². The summed E-state index contributed by atoms with van der Waals surface area (Å²) in [4.78, 5) is 19.4. The number of aromatic amines is 1. The van der Waals surface area contributed by atoms with E-state index in [9.17, 15) is 4.79 Å². The molecule has 0 fully saturated rings. The first-order valence-corrected chi connectivity index (χ1v) is 8.40. The molecule has 3 nitrogen and oxygen atoms in total. The highest BCUT2D eigenvalue weighted by Crippen LogP contribution is 2.12. The molecule has 2 rings (SSSR count). The molecule has 0 atom stereocenters. The Labute approximate surface area is 133 Å². The van der Waals surface area contributed by atoms with Crippen molar-refractivity contribution in [1.82, 2.24) is 9.97 Å². The number of unbranched alkanes of at least 4 members (excludes halogenated alkanes) is 3. The molecule has 0 spiro atoms. The van der Waals surface area contributed by atoms with Crippen LogP contribution in [0.25, 0.3) is 0 Å². The molecule has 0 aliphatic heterocycles. The van der Waals surface area contributed by atoms with Gasteiger partial charge < -0.3 is 4.98 Å². The molecule has 0 aliphatic rings. The number of benzene rings is 1. The molecule has 1 N–H and O–H groups in total. The van der Waals surface area contributed by atoms with Gasteiger partial charge in [-0.3, -0.25) is 4.79 Å². The summed E-state index contributed by atoms with van der Waals surface area (Å²) < 4.78 is 0. The molecule has 0 unspecified atom stereocenters. The average Bonchev–Trinajstić information content (AvgIpc) is 3.06. The van der Waals surface area contributed by atoms with Crippen molar-refractivity contribution in [2.75, 3.05) is 0 Å². The Bertz CT molecular complexity index is 543. The number of H-pyrrole nitrogens is 1. The lowest BCUT2D eigenvalue weighted by atomic mass is 10.0. The normalized spacial score (nSPS) is 10.8. The van der Waals surface area contributed by atoms with Crippen molar-refractivity contribution in [3.05, 3.63) is 53.6 Å². The van der Waals surface area contributed by atoms with E-state index in [1.807, 2.05) is 18.3 Å². The fraction of sp³-hybridized carbons (Fsp3) is 0.474. The molecule has 0 amide bonds. The van der Waals surface area contributed by atoms with Crippen LogP contribution in [0.2, 0.25) is 0 Å². The first kappa shape index (κ1) is 16.5. The number of ketones is 1. The highest BCUT2D eigenvalue weighted by atomic mass is 16.1. The van der Waals surface area contributed by atoms with Gasteiger partial charge in [0.15, 0.2) is 5.78 Å². The fourth-order valence-electron chi connectivity index (χ4n) is 2.59. The van der Waals surface area contributed by atoms with Crippen molar-refractivity contribution in [2.45, 2.75) is 58.3 Å². The molecule has 0 aliphatic carbocycles. The molecule has 0 radical (unpaired) electrons. The molecule has 0 saturated heterocycles. The Morgan fingerprint density at radius 2 is 1.82 bits per heavy atom. The van der Waals surface area contributed by atoms with E-state index >= 15 is 0 Å². The van der Waals surface area contributed by atoms with E-state index in [2.05, 4.69) is 29.0 Å². The van der Waals surface area contributed by atoms with Gasteiger partial charge in [0.05, 0.1) is 0 Å². The number of aryl methyl sites for hydroxylation is 2. The van der Waals surface area contributed by atoms with Gasteiger partial charge in [-0.1, -0.05) is 44.0 Å². The number of rotatable bonds is 10. The number of carbonyl (C=O) groups excluding carboxylic acids is 1. The summed E-state index contributed by atoms with van der Waals surface area (Å²) in [5.41, 5.74) is 2.17. The number of imidazole rings is 1. The average molecular weight is 298 g/mol. The lowest BCUT2D eigenvalue weighted by Gasteiger charge is -2.04. The summed E-state index contributed by atoms with van der Waals surface area (Å²) in [5, 5.41) is 0. The molecule has 0 saturated carbocycles. The van der Waals surface area contributed by atoms with Crippen molar-refractivity contribution < 1.29 is 4.79 Å². The number of aromatic nitrogens is 2. The molecule has 0 bridgehead atoms. The Kier molecular flexibility index (Phi) is 6.88. The summed E-state index contributed by atoms with van der Waals surface area (Å²) in [6, 6.07) is 8.16. The largest absolute Gasteiger partial charge is 0.349 e. The molecular weight excluding hydrogens is 272 g/mol. The van der Waals surface area contributed by atoms with Crippen LogP contribution >= 0.6 is 0 Å². The summed E-state index contributed by atoms with van der Waals surface area (Å²) in [6.45, 7) is 2.16. The zero-order valence-corrected chi connectivity index (χ0v) is 13.5. The molecule has 118 valence electrons. The van der Waals surface area contributed by atoms with Crippen LogP contribution in [-0.4, -0.2) is 15.8 Å². The second-order valence-electron chi connectivity index (χ2n) is 5.82. The zero-order valence-electron chi connectivity index (χ0n) is 13.5. The number of carbonyl (C=O) groups is 1. The maximum Gasteiger partial charge on any atom is 0.162 e. The van der Waals surface area contributed by atoms with Crippen LogP contribution in [0, 0.1) is 0 Å². The van der Waals surface area contributed by atoms with E-state index in [0.717, 1.165) is 56.3 Å². The lowest BCUT2D eigenvalue weighted by molar-refractivity contribution is 0.0979. The van der Waals surface area contributed by atoms with Gasteiger partial charge in [0.1, 0.15) is 5.82 Å². The summed E-state index contributed by atoms with van der Waals surface area (Å²) >= 11 is 0. The minimum absolute atomic E-state index is 0.276. The second-order valence-corrected chi connectivity index (χ2v) is 5.82. The SMILES string of the molecule is CCCCCC(=O)c1ccc(CCCCc2ncc[nH]2)cc1. The standard InChI is InChI=1S/C19H26N2O/c1-2-3-4-8-18(22)17-12-10-16(11-13-17)7-5-6-9-19-20-14-15-21-19/h10-15H,2-9H2,1H3,(H,20,21). The monoisotopic (exact) mass is 298 g/mol.